The number of nitrogens with zero attached hydrogens (tertiary/aromatic N) is 2. The van der Waals surface area contributed by atoms with Crippen LogP contribution in [0.3, 0.4) is 0 Å². The molecule has 0 N–H and O–H groups in total. The predicted molar refractivity (Wildman–Crippen MR) is 84.2 cm³/mol. The summed E-state index contributed by atoms with van der Waals surface area (Å²) in [7, 11) is 0. The van der Waals surface area contributed by atoms with Crippen molar-refractivity contribution in [2.24, 2.45) is 0 Å². The SMILES string of the molecule is CSC1(Cn2c(CCl)nc3cc(C)c(C)cc32)CC1. The summed E-state index contributed by atoms with van der Waals surface area (Å²) in [6.07, 6.45) is 4.82. The number of rotatable bonds is 4. The molecule has 19 heavy (non-hydrogen) atoms. The molecule has 0 saturated heterocycles. The van der Waals surface area contributed by atoms with Gasteiger partial charge in [0.2, 0.25) is 0 Å². The highest BCUT2D eigenvalue weighted by Gasteiger charge is 2.42. The molecular formula is C15H19ClN2S. The molecule has 1 saturated carbocycles. The maximum atomic E-state index is 6.09. The normalized spacial score (nSPS) is 17.1. The van der Waals surface area contributed by atoms with E-state index in [-0.39, 0.29) is 0 Å². The van der Waals surface area contributed by atoms with Crippen molar-refractivity contribution >= 4 is 34.4 Å². The molecule has 2 aromatic rings. The van der Waals surface area contributed by atoms with E-state index in [4.69, 9.17) is 16.6 Å². The Labute approximate surface area is 123 Å². The third kappa shape index (κ3) is 2.27. The molecule has 3 rings (SSSR count). The van der Waals surface area contributed by atoms with Crippen LogP contribution in [0.25, 0.3) is 11.0 Å². The van der Waals surface area contributed by atoms with Gasteiger partial charge in [0.1, 0.15) is 5.82 Å². The Hall–Kier alpha value is -0.670. The van der Waals surface area contributed by atoms with Gasteiger partial charge in [-0.15, -0.1) is 11.6 Å². The number of benzene rings is 1. The number of hydrogen-bond acceptors (Lipinski definition) is 2. The van der Waals surface area contributed by atoms with Crippen LogP contribution in [0.1, 0.15) is 29.8 Å². The quantitative estimate of drug-likeness (QED) is 0.783. The van der Waals surface area contributed by atoms with Crippen molar-refractivity contribution in [2.45, 2.75) is 43.9 Å². The van der Waals surface area contributed by atoms with Crippen molar-refractivity contribution in [3.05, 3.63) is 29.1 Å². The number of hydrogen-bond donors (Lipinski definition) is 0. The van der Waals surface area contributed by atoms with E-state index >= 15 is 0 Å². The van der Waals surface area contributed by atoms with E-state index < -0.39 is 0 Å². The lowest BCUT2D eigenvalue weighted by atomic mass is 10.1. The van der Waals surface area contributed by atoms with E-state index in [1.807, 2.05) is 11.8 Å². The summed E-state index contributed by atoms with van der Waals surface area (Å²) in [6, 6.07) is 4.43. The van der Waals surface area contributed by atoms with E-state index in [9.17, 15) is 0 Å². The van der Waals surface area contributed by atoms with Gasteiger partial charge in [-0.25, -0.2) is 4.98 Å². The lowest BCUT2D eigenvalue weighted by Crippen LogP contribution is -2.15. The molecule has 0 amide bonds. The largest absolute Gasteiger partial charge is 0.326 e. The van der Waals surface area contributed by atoms with Gasteiger partial charge in [0, 0.05) is 11.3 Å². The minimum Gasteiger partial charge on any atom is -0.326 e. The molecule has 0 bridgehead atoms. The van der Waals surface area contributed by atoms with Gasteiger partial charge in [-0.3, -0.25) is 0 Å². The van der Waals surface area contributed by atoms with Gasteiger partial charge >= 0.3 is 0 Å². The molecule has 102 valence electrons. The molecule has 0 spiro atoms. The van der Waals surface area contributed by atoms with Crippen LogP contribution in [0, 0.1) is 13.8 Å². The number of aromatic nitrogens is 2. The Balaban J connectivity index is 2.12. The lowest BCUT2D eigenvalue weighted by Gasteiger charge is -2.15. The molecule has 1 aliphatic carbocycles. The Morgan fingerprint density at radius 1 is 1.32 bits per heavy atom. The third-order valence-electron chi connectivity index (χ3n) is 4.25. The molecular weight excluding hydrogens is 276 g/mol. The van der Waals surface area contributed by atoms with E-state index in [1.165, 1.54) is 29.5 Å². The Morgan fingerprint density at radius 3 is 2.58 bits per heavy atom. The first-order chi connectivity index (χ1) is 9.08. The fourth-order valence-electron chi connectivity index (χ4n) is 2.56. The Kier molecular flexibility index (Phi) is 3.30. The van der Waals surface area contributed by atoms with E-state index in [2.05, 4.69) is 36.8 Å². The number of alkyl halides is 1. The number of imidazole rings is 1. The molecule has 1 aromatic carbocycles. The molecule has 4 heteroatoms. The Bertz CT molecular complexity index is 629. The maximum Gasteiger partial charge on any atom is 0.124 e. The van der Waals surface area contributed by atoms with E-state index in [0.717, 1.165) is 17.9 Å². The number of halogens is 1. The molecule has 1 aliphatic rings. The zero-order valence-corrected chi connectivity index (χ0v) is 13.2. The third-order valence-corrected chi connectivity index (χ3v) is 5.89. The second kappa shape index (κ2) is 4.71. The molecule has 1 aromatic heterocycles. The number of thioether (sulfide) groups is 1. The summed E-state index contributed by atoms with van der Waals surface area (Å²) in [5.74, 6) is 1.49. The first-order valence-electron chi connectivity index (χ1n) is 6.66. The second-order valence-corrected chi connectivity index (χ2v) is 7.10. The molecule has 0 radical (unpaired) electrons. The van der Waals surface area contributed by atoms with Crippen LogP contribution in [0.2, 0.25) is 0 Å². The van der Waals surface area contributed by atoms with Crippen molar-refractivity contribution in [3.63, 3.8) is 0 Å². The second-order valence-electron chi connectivity index (χ2n) is 5.56. The molecule has 2 nitrogen and oxygen atoms in total. The zero-order chi connectivity index (χ0) is 13.6. The average molecular weight is 295 g/mol. The number of fused-ring (bicyclic) bond motifs is 1. The number of aryl methyl sites for hydroxylation is 2. The fraction of sp³-hybridized carbons (Fsp3) is 0.533. The minimum absolute atomic E-state index is 0.424. The topological polar surface area (TPSA) is 17.8 Å². The van der Waals surface area contributed by atoms with E-state index in [1.54, 1.807) is 0 Å². The van der Waals surface area contributed by atoms with Crippen molar-refractivity contribution in [1.82, 2.24) is 9.55 Å². The van der Waals surface area contributed by atoms with Crippen LogP contribution in [-0.2, 0) is 12.4 Å². The summed E-state index contributed by atoms with van der Waals surface area (Å²) in [4.78, 5) is 4.70. The standard InChI is InChI=1S/C15H19ClN2S/c1-10-6-12-13(7-11(10)2)18(14(8-16)17-12)9-15(19-3)4-5-15/h6-7H,4-5,8-9H2,1-3H3. The van der Waals surface area contributed by atoms with Gasteiger partial charge in [0.25, 0.3) is 0 Å². The van der Waals surface area contributed by atoms with Crippen LogP contribution in [0.15, 0.2) is 12.1 Å². The molecule has 1 fully saturated rings. The monoisotopic (exact) mass is 294 g/mol. The van der Waals surface area contributed by atoms with Crippen LogP contribution in [0.4, 0.5) is 0 Å². The van der Waals surface area contributed by atoms with Gasteiger partial charge in [-0.1, -0.05) is 0 Å². The summed E-state index contributed by atoms with van der Waals surface area (Å²) in [6.45, 7) is 5.33. The van der Waals surface area contributed by atoms with Crippen LogP contribution < -0.4 is 0 Å². The van der Waals surface area contributed by atoms with Crippen molar-refractivity contribution in [3.8, 4) is 0 Å². The van der Waals surface area contributed by atoms with Gasteiger partial charge in [0.05, 0.1) is 16.9 Å². The van der Waals surface area contributed by atoms with Crippen LogP contribution in [0.5, 0.6) is 0 Å². The van der Waals surface area contributed by atoms with Crippen molar-refractivity contribution in [1.29, 1.82) is 0 Å². The first-order valence-corrected chi connectivity index (χ1v) is 8.42. The van der Waals surface area contributed by atoms with Gasteiger partial charge < -0.3 is 4.57 Å². The Morgan fingerprint density at radius 2 is 2.00 bits per heavy atom. The van der Waals surface area contributed by atoms with Gasteiger partial charge in [0.15, 0.2) is 0 Å². The van der Waals surface area contributed by atoms with E-state index in [0.29, 0.717) is 10.6 Å². The van der Waals surface area contributed by atoms with Gasteiger partial charge in [-0.2, -0.15) is 11.8 Å². The minimum atomic E-state index is 0.424. The average Bonchev–Trinajstić information content (AvgIpc) is 3.10. The molecule has 0 atom stereocenters. The zero-order valence-electron chi connectivity index (χ0n) is 11.7. The van der Waals surface area contributed by atoms with Crippen LogP contribution >= 0.6 is 23.4 Å². The smallest absolute Gasteiger partial charge is 0.124 e. The predicted octanol–water partition coefficient (Wildman–Crippen LogP) is 4.29. The highest BCUT2D eigenvalue weighted by Crippen LogP contribution is 2.49. The highest BCUT2D eigenvalue weighted by atomic mass is 35.5. The van der Waals surface area contributed by atoms with Crippen molar-refractivity contribution in [2.75, 3.05) is 6.26 Å². The molecule has 0 unspecified atom stereocenters. The van der Waals surface area contributed by atoms with Crippen LogP contribution in [-0.4, -0.2) is 20.6 Å². The molecule has 0 aliphatic heterocycles. The van der Waals surface area contributed by atoms with Gasteiger partial charge in [-0.05, 0) is 56.2 Å². The summed E-state index contributed by atoms with van der Waals surface area (Å²) >= 11 is 8.07. The van der Waals surface area contributed by atoms with Crippen molar-refractivity contribution < 1.29 is 0 Å². The summed E-state index contributed by atoms with van der Waals surface area (Å²) in [5.41, 5.74) is 4.93. The fourth-order valence-corrected chi connectivity index (χ4v) is 3.54. The summed E-state index contributed by atoms with van der Waals surface area (Å²) < 4.78 is 2.76. The summed E-state index contributed by atoms with van der Waals surface area (Å²) in [5, 5.41) is 0. The highest BCUT2D eigenvalue weighted by molar-refractivity contribution is 8.00. The first kappa shape index (κ1) is 13.3. The molecule has 1 heterocycles. The maximum absolute atomic E-state index is 6.09. The lowest BCUT2D eigenvalue weighted by molar-refractivity contribution is 0.655.